The van der Waals surface area contributed by atoms with Crippen LogP contribution in [0.25, 0.3) is 0 Å². The second-order valence-electron chi connectivity index (χ2n) is 5.14. The highest BCUT2D eigenvalue weighted by Gasteiger charge is 2.09. The van der Waals surface area contributed by atoms with E-state index in [2.05, 4.69) is 15.7 Å². The summed E-state index contributed by atoms with van der Waals surface area (Å²) in [5.74, 6) is 0. The molecule has 0 saturated carbocycles. The SMILES string of the molecule is CSc1cccc(NC(=O)NCCc2c(C)nn(C)c2C)c1. The average molecular weight is 318 g/mol. The molecule has 118 valence electrons. The van der Waals surface area contributed by atoms with Crippen LogP contribution in [0.5, 0.6) is 0 Å². The third-order valence-corrected chi connectivity index (χ3v) is 4.37. The largest absolute Gasteiger partial charge is 0.338 e. The van der Waals surface area contributed by atoms with Gasteiger partial charge in [-0.2, -0.15) is 5.10 Å². The van der Waals surface area contributed by atoms with Crippen LogP contribution in [-0.2, 0) is 13.5 Å². The number of rotatable bonds is 5. The van der Waals surface area contributed by atoms with E-state index in [4.69, 9.17) is 0 Å². The average Bonchev–Trinajstić information content (AvgIpc) is 2.73. The molecule has 2 aromatic rings. The standard InChI is InChI=1S/C16H22N4OS/c1-11-15(12(2)20(3)19-11)8-9-17-16(21)18-13-6-5-7-14(10-13)22-4/h5-7,10H,8-9H2,1-4H3,(H2,17,18,21). The summed E-state index contributed by atoms with van der Waals surface area (Å²) in [4.78, 5) is 13.1. The maximum atomic E-state index is 11.9. The number of aryl methyl sites for hydroxylation is 2. The minimum absolute atomic E-state index is 0.183. The van der Waals surface area contributed by atoms with Crippen LogP contribution < -0.4 is 10.6 Å². The number of hydrogen-bond donors (Lipinski definition) is 2. The van der Waals surface area contributed by atoms with Crippen LogP contribution in [0.2, 0.25) is 0 Å². The van der Waals surface area contributed by atoms with Gasteiger partial charge >= 0.3 is 6.03 Å². The summed E-state index contributed by atoms with van der Waals surface area (Å²) in [5, 5.41) is 10.1. The molecule has 2 rings (SSSR count). The van der Waals surface area contributed by atoms with Gasteiger partial charge in [0.25, 0.3) is 0 Å². The summed E-state index contributed by atoms with van der Waals surface area (Å²) in [5.41, 5.74) is 4.17. The van der Waals surface area contributed by atoms with Gasteiger partial charge in [0, 0.05) is 29.9 Å². The number of thioether (sulfide) groups is 1. The number of nitrogens with zero attached hydrogens (tertiary/aromatic N) is 2. The molecule has 0 unspecified atom stereocenters. The lowest BCUT2D eigenvalue weighted by Crippen LogP contribution is -2.30. The van der Waals surface area contributed by atoms with Crippen molar-refractivity contribution in [3.8, 4) is 0 Å². The van der Waals surface area contributed by atoms with Gasteiger partial charge in [0.15, 0.2) is 0 Å². The van der Waals surface area contributed by atoms with E-state index in [-0.39, 0.29) is 6.03 Å². The molecule has 0 spiro atoms. The first kappa shape index (κ1) is 16.4. The molecule has 22 heavy (non-hydrogen) atoms. The number of amides is 2. The van der Waals surface area contributed by atoms with Gasteiger partial charge in [-0.3, -0.25) is 4.68 Å². The van der Waals surface area contributed by atoms with E-state index < -0.39 is 0 Å². The summed E-state index contributed by atoms with van der Waals surface area (Å²) in [6, 6.07) is 7.61. The maximum Gasteiger partial charge on any atom is 0.319 e. The predicted octanol–water partition coefficient (Wildman–Crippen LogP) is 3.12. The molecule has 0 fully saturated rings. The van der Waals surface area contributed by atoms with Gasteiger partial charge in [-0.25, -0.2) is 4.79 Å². The Morgan fingerprint density at radius 3 is 2.77 bits per heavy atom. The van der Waals surface area contributed by atoms with Gasteiger partial charge in [-0.15, -0.1) is 11.8 Å². The molecule has 0 bridgehead atoms. The summed E-state index contributed by atoms with van der Waals surface area (Å²) < 4.78 is 1.87. The molecular formula is C16H22N4OS. The van der Waals surface area contributed by atoms with Crippen LogP contribution in [-0.4, -0.2) is 28.6 Å². The number of carbonyl (C=O) groups excluding carboxylic acids is 1. The third kappa shape index (κ3) is 4.04. The van der Waals surface area contributed by atoms with Crippen molar-refractivity contribution in [1.82, 2.24) is 15.1 Å². The molecule has 1 aromatic heterocycles. The van der Waals surface area contributed by atoms with Crippen molar-refractivity contribution in [2.24, 2.45) is 7.05 Å². The molecule has 6 heteroatoms. The van der Waals surface area contributed by atoms with Gasteiger partial charge in [0.1, 0.15) is 0 Å². The monoisotopic (exact) mass is 318 g/mol. The molecule has 0 aliphatic rings. The zero-order valence-corrected chi connectivity index (χ0v) is 14.3. The van der Waals surface area contributed by atoms with Crippen LogP contribution in [0, 0.1) is 13.8 Å². The first-order valence-corrected chi connectivity index (χ1v) is 8.41. The van der Waals surface area contributed by atoms with Gasteiger partial charge in [-0.1, -0.05) is 6.07 Å². The fourth-order valence-corrected chi connectivity index (χ4v) is 2.82. The number of anilines is 1. The Morgan fingerprint density at radius 2 is 2.14 bits per heavy atom. The quantitative estimate of drug-likeness (QED) is 0.833. The number of aromatic nitrogens is 2. The number of carbonyl (C=O) groups is 1. The minimum atomic E-state index is -0.183. The van der Waals surface area contributed by atoms with Crippen LogP contribution >= 0.6 is 11.8 Å². The van der Waals surface area contributed by atoms with Gasteiger partial charge < -0.3 is 10.6 Å². The highest BCUT2D eigenvalue weighted by atomic mass is 32.2. The number of urea groups is 1. The number of benzene rings is 1. The van der Waals surface area contributed by atoms with Gasteiger partial charge in [0.05, 0.1) is 5.69 Å². The van der Waals surface area contributed by atoms with Gasteiger partial charge in [-0.05, 0) is 50.3 Å². The van der Waals surface area contributed by atoms with Crippen molar-refractivity contribution in [2.75, 3.05) is 18.1 Å². The van der Waals surface area contributed by atoms with Crippen molar-refractivity contribution in [2.45, 2.75) is 25.2 Å². The van der Waals surface area contributed by atoms with E-state index >= 15 is 0 Å². The van der Waals surface area contributed by atoms with Crippen molar-refractivity contribution in [3.63, 3.8) is 0 Å². The predicted molar refractivity (Wildman–Crippen MR) is 91.6 cm³/mol. The summed E-state index contributed by atoms with van der Waals surface area (Å²) in [7, 11) is 1.94. The normalized spacial score (nSPS) is 10.5. The van der Waals surface area contributed by atoms with E-state index in [1.165, 1.54) is 5.56 Å². The Labute approximate surface area is 135 Å². The fourth-order valence-electron chi connectivity index (χ4n) is 2.36. The lowest BCUT2D eigenvalue weighted by Gasteiger charge is -2.09. The van der Waals surface area contributed by atoms with Gasteiger partial charge in [0.2, 0.25) is 0 Å². The van der Waals surface area contributed by atoms with E-state index in [9.17, 15) is 4.79 Å². The molecule has 0 aliphatic carbocycles. The second-order valence-corrected chi connectivity index (χ2v) is 6.02. The Hall–Kier alpha value is -1.95. The zero-order chi connectivity index (χ0) is 16.1. The van der Waals surface area contributed by atoms with Crippen LogP contribution in [0.4, 0.5) is 10.5 Å². The van der Waals surface area contributed by atoms with Crippen LogP contribution in [0.3, 0.4) is 0 Å². The fraction of sp³-hybridized carbons (Fsp3) is 0.375. The summed E-state index contributed by atoms with van der Waals surface area (Å²) in [6.45, 7) is 4.63. The Bertz CT molecular complexity index is 666. The Kier molecular flexibility index (Phi) is 5.49. The lowest BCUT2D eigenvalue weighted by molar-refractivity contribution is 0.252. The first-order chi connectivity index (χ1) is 10.5. The van der Waals surface area contributed by atoms with E-state index in [1.54, 1.807) is 11.8 Å². The minimum Gasteiger partial charge on any atom is -0.338 e. The third-order valence-electron chi connectivity index (χ3n) is 3.65. The molecular weight excluding hydrogens is 296 g/mol. The topological polar surface area (TPSA) is 59.0 Å². The van der Waals surface area contributed by atoms with Crippen LogP contribution in [0.15, 0.2) is 29.2 Å². The van der Waals surface area contributed by atoms with Crippen molar-refractivity contribution < 1.29 is 4.79 Å². The van der Waals surface area contributed by atoms with Crippen molar-refractivity contribution in [1.29, 1.82) is 0 Å². The highest BCUT2D eigenvalue weighted by molar-refractivity contribution is 7.98. The zero-order valence-electron chi connectivity index (χ0n) is 13.4. The van der Waals surface area contributed by atoms with E-state index in [0.717, 1.165) is 28.4 Å². The summed E-state index contributed by atoms with van der Waals surface area (Å²) >= 11 is 1.65. The van der Waals surface area contributed by atoms with E-state index in [1.807, 2.05) is 56.1 Å². The smallest absolute Gasteiger partial charge is 0.319 e. The van der Waals surface area contributed by atoms with Crippen molar-refractivity contribution >= 4 is 23.5 Å². The molecule has 0 radical (unpaired) electrons. The van der Waals surface area contributed by atoms with Crippen molar-refractivity contribution in [3.05, 3.63) is 41.2 Å². The molecule has 1 aromatic carbocycles. The first-order valence-electron chi connectivity index (χ1n) is 7.19. The molecule has 0 saturated heterocycles. The second kappa shape index (κ2) is 7.35. The number of nitrogens with one attached hydrogen (secondary N) is 2. The number of hydrogen-bond acceptors (Lipinski definition) is 3. The maximum absolute atomic E-state index is 11.9. The molecule has 2 amide bonds. The van der Waals surface area contributed by atoms with E-state index in [0.29, 0.717) is 6.54 Å². The summed E-state index contributed by atoms with van der Waals surface area (Å²) in [6.07, 6.45) is 2.79. The molecule has 0 atom stereocenters. The molecule has 5 nitrogen and oxygen atoms in total. The highest BCUT2D eigenvalue weighted by Crippen LogP contribution is 2.18. The molecule has 0 aliphatic heterocycles. The molecule has 1 heterocycles. The lowest BCUT2D eigenvalue weighted by atomic mass is 10.1. The Balaban J connectivity index is 1.85. The Morgan fingerprint density at radius 1 is 1.36 bits per heavy atom. The molecule has 2 N–H and O–H groups in total. The van der Waals surface area contributed by atoms with Crippen LogP contribution in [0.1, 0.15) is 17.0 Å².